The molecule has 5 aromatic rings. The van der Waals surface area contributed by atoms with Gasteiger partial charge in [-0.1, -0.05) is 65.7 Å². The highest BCUT2D eigenvalue weighted by Crippen LogP contribution is 2.42. The predicted octanol–water partition coefficient (Wildman–Crippen LogP) is 6.70. The second-order valence-corrected chi connectivity index (χ2v) is 14.5. The Bertz CT molecular complexity index is 2230. The minimum Gasteiger partial charge on any atom is -0.481 e. The first kappa shape index (κ1) is 37.1. The number of aryl methyl sites for hydroxylation is 1. The third-order valence-electron chi connectivity index (χ3n) is 8.84. The van der Waals surface area contributed by atoms with Crippen LogP contribution in [-0.4, -0.2) is 68.3 Å². The van der Waals surface area contributed by atoms with E-state index in [1.165, 1.54) is 17.7 Å². The number of aromatic nitrogens is 3. The lowest BCUT2D eigenvalue weighted by molar-refractivity contribution is -0.242. The van der Waals surface area contributed by atoms with Crippen LogP contribution in [0.5, 0.6) is 5.88 Å². The number of benzene rings is 2. The van der Waals surface area contributed by atoms with Gasteiger partial charge in [-0.05, 0) is 57.9 Å². The number of halogens is 2. The first-order valence-electron chi connectivity index (χ1n) is 16.8. The van der Waals surface area contributed by atoms with Gasteiger partial charge in [-0.2, -0.15) is 0 Å². The van der Waals surface area contributed by atoms with Gasteiger partial charge in [0.1, 0.15) is 5.65 Å². The van der Waals surface area contributed by atoms with Gasteiger partial charge < -0.3 is 19.9 Å². The lowest BCUT2D eigenvalue weighted by Crippen LogP contribution is -2.47. The van der Waals surface area contributed by atoms with Crippen molar-refractivity contribution >= 4 is 41.0 Å². The summed E-state index contributed by atoms with van der Waals surface area (Å²) in [5.41, 5.74) is 4.68. The van der Waals surface area contributed by atoms with Gasteiger partial charge in [0.25, 0.3) is 5.56 Å². The van der Waals surface area contributed by atoms with Crippen LogP contribution in [-0.2, 0) is 16.1 Å². The number of methoxy groups -OCH3 is 1. The number of aliphatic hydroxyl groups is 1. The van der Waals surface area contributed by atoms with Crippen molar-refractivity contribution in [2.45, 2.75) is 65.1 Å². The van der Waals surface area contributed by atoms with E-state index in [1.807, 2.05) is 75.4 Å². The van der Waals surface area contributed by atoms with Crippen LogP contribution in [0.15, 0.2) is 71.7 Å². The zero-order valence-electron chi connectivity index (χ0n) is 29.4. The molecule has 0 bridgehead atoms. The number of fused-ring (bicyclic) bond motifs is 1. The van der Waals surface area contributed by atoms with Crippen LogP contribution in [0.2, 0.25) is 10.0 Å². The molecule has 2 N–H and O–H groups in total. The molecule has 4 heterocycles. The maximum absolute atomic E-state index is 12.8. The minimum absolute atomic E-state index is 0.0129. The van der Waals surface area contributed by atoms with Gasteiger partial charge >= 0.3 is 0 Å². The molecule has 13 heteroatoms. The van der Waals surface area contributed by atoms with Gasteiger partial charge in [0, 0.05) is 65.3 Å². The summed E-state index contributed by atoms with van der Waals surface area (Å²) < 4.78 is 13.0. The smallest absolute Gasteiger partial charge is 0.268 e. The molecule has 1 saturated heterocycles. The Balaban J connectivity index is 1.33. The largest absolute Gasteiger partial charge is 0.481 e. The van der Waals surface area contributed by atoms with E-state index in [1.54, 1.807) is 17.9 Å². The molecule has 1 fully saturated rings. The number of aliphatic hydroxyl groups excluding tert-OH is 1. The molecule has 3 aromatic heterocycles. The summed E-state index contributed by atoms with van der Waals surface area (Å²) in [4.78, 5) is 46.9. The molecule has 1 aliphatic rings. The Kier molecular flexibility index (Phi) is 10.8. The standard InChI is InChI=1S/C39H39Cl2N5O6/c1-22-16-24(17-32-42-18-25(21-47)37(49)46(22)32)27-8-6-9-28(34(27)40)29-10-7-11-30(35(29)41)31-14-12-23(36(44-31)51-5)19-45(38(50)52-39(2,3)4)20-26-13-15-33(48)43-26/h6-12,14,16-18,21,26,38,50H,13,15,19-20H2,1-5H3,(H,43,48)/t26-,38?/m0/s1. The summed E-state index contributed by atoms with van der Waals surface area (Å²) in [5.74, 6) is 0.336. The SMILES string of the molecule is COc1nc(-c2cccc(-c3cccc(-c4cc(C)n5c(=O)c(C=O)cnc5c4)c3Cl)c2Cl)ccc1CN(C[C@@H]1CCC(=O)N1)C(O)OC(C)(C)C. The average Bonchev–Trinajstić information content (AvgIpc) is 3.51. The van der Waals surface area contributed by atoms with Crippen molar-refractivity contribution in [2.24, 2.45) is 0 Å². The molecule has 2 atom stereocenters. The van der Waals surface area contributed by atoms with E-state index in [0.29, 0.717) is 86.5 Å². The number of carbonyl (C=O) groups excluding carboxylic acids is 2. The molecule has 0 spiro atoms. The molecule has 11 nitrogen and oxygen atoms in total. The number of ether oxygens (including phenoxy) is 2. The molecule has 52 heavy (non-hydrogen) atoms. The molecule has 6 rings (SSSR count). The van der Waals surface area contributed by atoms with Gasteiger partial charge in [-0.3, -0.25) is 18.8 Å². The van der Waals surface area contributed by atoms with Crippen molar-refractivity contribution in [2.75, 3.05) is 13.7 Å². The molecule has 1 aliphatic heterocycles. The van der Waals surface area contributed by atoms with Crippen LogP contribution in [0.25, 0.3) is 39.2 Å². The number of amides is 1. The monoisotopic (exact) mass is 743 g/mol. The number of aldehydes is 1. The molecule has 1 amide bonds. The van der Waals surface area contributed by atoms with Crippen LogP contribution in [0.3, 0.4) is 0 Å². The number of pyridine rings is 2. The number of nitrogens with one attached hydrogen (secondary N) is 1. The fraction of sp³-hybridized carbons (Fsp3) is 0.308. The maximum Gasteiger partial charge on any atom is 0.268 e. The summed E-state index contributed by atoms with van der Waals surface area (Å²) in [6.07, 6.45) is 1.64. The fourth-order valence-electron chi connectivity index (χ4n) is 6.39. The van der Waals surface area contributed by atoms with Gasteiger partial charge in [-0.25, -0.2) is 14.9 Å². The van der Waals surface area contributed by atoms with Crippen molar-refractivity contribution in [3.8, 4) is 39.4 Å². The van der Waals surface area contributed by atoms with E-state index in [-0.39, 0.29) is 24.1 Å². The first-order valence-corrected chi connectivity index (χ1v) is 17.5. The first-order chi connectivity index (χ1) is 24.8. The molecule has 1 unspecified atom stereocenters. The second-order valence-electron chi connectivity index (χ2n) is 13.7. The zero-order chi connectivity index (χ0) is 37.3. The van der Waals surface area contributed by atoms with Crippen molar-refractivity contribution in [1.82, 2.24) is 24.6 Å². The molecule has 270 valence electrons. The Morgan fingerprint density at radius 3 is 2.35 bits per heavy atom. The van der Waals surface area contributed by atoms with Crippen LogP contribution >= 0.6 is 23.2 Å². The van der Waals surface area contributed by atoms with Crippen molar-refractivity contribution in [3.63, 3.8) is 0 Å². The fourth-order valence-corrected chi connectivity index (χ4v) is 7.05. The van der Waals surface area contributed by atoms with Gasteiger partial charge in [0.15, 0.2) is 6.29 Å². The average molecular weight is 745 g/mol. The highest BCUT2D eigenvalue weighted by molar-refractivity contribution is 6.39. The quantitative estimate of drug-likeness (QED) is 0.112. The summed E-state index contributed by atoms with van der Waals surface area (Å²) >= 11 is 14.2. The van der Waals surface area contributed by atoms with Crippen LogP contribution < -0.4 is 15.6 Å². The third-order valence-corrected chi connectivity index (χ3v) is 9.65. The number of carbonyl (C=O) groups is 2. The van der Waals surface area contributed by atoms with Crippen LogP contribution in [0.4, 0.5) is 0 Å². The normalized spacial score (nSPS) is 15.2. The van der Waals surface area contributed by atoms with Crippen LogP contribution in [0.1, 0.15) is 55.2 Å². The highest BCUT2D eigenvalue weighted by atomic mass is 35.5. The van der Waals surface area contributed by atoms with Crippen molar-refractivity contribution in [3.05, 3.63) is 104 Å². The molecule has 2 aromatic carbocycles. The number of rotatable bonds is 11. The van der Waals surface area contributed by atoms with E-state index in [2.05, 4.69) is 10.3 Å². The molecule has 0 saturated carbocycles. The number of hydrogen-bond acceptors (Lipinski definition) is 9. The summed E-state index contributed by atoms with van der Waals surface area (Å²) in [5, 5.41) is 14.9. The van der Waals surface area contributed by atoms with Crippen molar-refractivity contribution in [1.29, 1.82) is 0 Å². The molecule has 0 aliphatic carbocycles. The van der Waals surface area contributed by atoms with Crippen LogP contribution in [0, 0.1) is 6.92 Å². The summed E-state index contributed by atoms with van der Waals surface area (Å²) in [6.45, 7) is 7.97. The van der Waals surface area contributed by atoms with Crippen molar-refractivity contribution < 1.29 is 24.2 Å². The van der Waals surface area contributed by atoms with E-state index < -0.39 is 17.6 Å². The second kappa shape index (κ2) is 15.1. The van der Waals surface area contributed by atoms with E-state index in [4.69, 9.17) is 37.7 Å². The lowest BCUT2D eigenvalue weighted by atomic mass is 9.96. The Labute approximate surface area is 311 Å². The topological polar surface area (TPSA) is 135 Å². The van der Waals surface area contributed by atoms with Gasteiger partial charge in [0.05, 0.1) is 34.0 Å². The molecular weight excluding hydrogens is 705 g/mol. The Morgan fingerprint density at radius 2 is 1.71 bits per heavy atom. The van der Waals surface area contributed by atoms with Gasteiger partial charge in [-0.15, -0.1) is 0 Å². The van der Waals surface area contributed by atoms with Gasteiger partial charge in [0.2, 0.25) is 18.2 Å². The third kappa shape index (κ3) is 7.74. The minimum atomic E-state index is -1.23. The Morgan fingerprint density at radius 1 is 1.04 bits per heavy atom. The Hall–Kier alpha value is -4.65. The lowest BCUT2D eigenvalue weighted by Gasteiger charge is -2.34. The number of nitrogens with zero attached hydrogens (tertiary/aromatic N) is 4. The number of hydrogen-bond donors (Lipinski definition) is 2. The molecular formula is C39H39Cl2N5O6. The van der Waals surface area contributed by atoms with E-state index in [9.17, 15) is 19.5 Å². The summed E-state index contributed by atoms with van der Waals surface area (Å²) in [6, 6.07) is 18.4. The highest BCUT2D eigenvalue weighted by Gasteiger charge is 2.30. The zero-order valence-corrected chi connectivity index (χ0v) is 31.0. The molecule has 0 radical (unpaired) electrons. The predicted molar refractivity (Wildman–Crippen MR) is 201 cm³/mol. The summed E-state index contributed by atoms with van der Waals surface area (Å²) in [7, 11) is 1.53. The maximum atomic E-state index is 12.8. The van der Waals surface area contributed by atoms with E-state index in [0.717, 1.165) is 5.56 Å². The van der Waals surface area contributed by atoms with E-state index >= 15 is 0 Å².